The Morgan fingerprint density at radius 3 is 2.80 bits per heavy atom. The fourth-order valence-electron chi connectivity index (χ4n) is 1.55. The number of ether oxygens (including phenoxy) is 1. The maximum atomic E-state index is 13.3. The van der Waals surface area contributed by atoms with Crippen LogP contribution in [0.4, 0.5) is 10.3 Å². The second kappa shape index (κ2) is 6.47. The summed E-state index contributed by atoms with van der Waals surface area (Å²) in [5.41, 5.74) is 0.395. The largest absolute Gasteiger partial charge is 0.467 e. The van der Waals surface area contributed by atoms with E-state index in [4.69, 9.17) is 16.3 Å². The molecule has 0 saturated carbocycles. The van der Waals surface area contributed by atoms with Crippen LogP contribution >= 0.6 is 11.6 Å². The fraction of sp³-hybridized carbons (Fsp3) is 0.308. The molecule has 1 N–H and O–H groups in total. The Kier molecular flexibility index (Phi) is 4.68. The Morgan fingerprint density at radius 1 is 1.30 bits per heavy atom. The molecule has 106 valence electrons. The van der Waals surface area contributed by atoms with Gasteiger partial charge >= 0.3 is 6.01 Å². The van der Waals surface area contributed by atoms with E-state index in [9.17, 15) is 4.39 Å². The van der Waals surface area contributed by atoms with Gasteiger partial charge in [-0.05, 0) is 24.6 Å². The van der Waals surface area contributed by atoms with Crippen LogP contribution in [0.25, 0.3) is 11.4 Å². The third-order valence-corrected chi connectivity index (χ3v) is 2.83. The van der Waals surface area contributed by atoms with Crippen molar-refractivity contribution in [2.24, 2.45) is 0 Å². The minimum absolute atomic E-state index is 0.147. The number of hydrogen-bond donors (Lipinski definition) is 1. The van der Waals surface area contributed by atoms with Crippen molar-refractivity contribution in [2.45, 2.75) is 13.3 Å². The van der Waals surface area contributed by atoms with E-state index in [0.717, 1.165) is 6.42 Å². The molecule has 5 nitrogen and oxygen atoms in total. The van der Waals surface area contributed by atoms with Crippen LogP contribution in [0.1, 0.15) is 13.3 Å². The molecule has 0 atom stereocenters. The smallest absolute Gasteiger partial charge is 0.321 e. The maximum Gasteiger partial charge on any atom is 0.321 e. The first-order chi connectivity index (χ1) is 9.63. The van der Waals surface area contributed by atoms with Crippen molar-refractivity contribution in [1.29, 1.82) is 0 Å². The van der Waals surface area contributed by atoms with Crippen LogP contribution < -0.4 is 10.1 Å². The molecule has 0 bridgehead atoms. The highest BCUT2D eigenvalue weighted by atomic mass is 35.5. The highest BCUT2D eigenvalue weighted by Crippen LogP contribution is 2.27. The van der Waals surface area contributed by atoms with Gasteiger partial charge in [-0.1, -0.05) is 18.5 Å². The van der Waals surface area contributed by atoms with Crippen molar-refractivity contribution in [3.63, 3.8) is 0 Å². The Bertz CT molecular complexity index is 609. The minimum atomic E-state index is -0.410. The molecule has 1 heterocycles. The zero-order valence-corrected chi connectivity index (χ0v) is 11.9. The van der Waals surface area contributed by atoms with Crippen LogP contribution in [0.3, 0.4) is 0 Å². The third-order valence-electron chi connectivity index (χ3n) is 2.50. The molecule has 0 saturated heterocycles. The number of aromatic nitrogens is 3. The molecule has 2 rings (SSSR count). The molecule has 1 aromatic carbocycles. The second-order valence-electron chi connectivity index (χ2n) is 4.02. The molecule has 0 spiro atoms. The summed E-state index contributed by atoms with van der Waals surface area (Å²) < 4.78 is 18.4. The molecule has 0 amide bonds. The number of nitrogens with zero attached hydrogens (tertiary/aromatic N) is 3. The average Bonchev–Trinajstić information content (AvgIpc) is 2.47. The average molecular weight is 297 g/mol. The summed E-state index contributed by atoms with van der Waals surface area (Å²) >= 11 is 6.05. The molecule has 0 aliphatic heterocycles. The second-order valence-corrected chi connectivity index (χ2v) is 4.43. The van der Waals surface area contributed by atoms with Crippen molar-refractivity contribution in [2.75, 3.05) is 19.0 Å². The molecule has 1 aromatic heterocycles. The van der Waals surface area contributed by atoms with Gasteiger partial charge in [-0.25, -0.2) is 4.39 Å². The molecule has 0 fully saturated rings. The zero-order chi connectivity index (χ0) is 14.5. The number of nitrogens with one attached hydrogen (secondary N) is 1. The van der Waals surface area contributed by atoms with E-state index in [0.29, 0.717) is 23.1 Å². The highest BCUT2D eigenvalue weighted by Gasteiger charge is 2.12. The Labute approximate surface area is 121 Å². The lowest BCUT2D eigenvalue weighted by molar-refractivity contribution is 0.379. The van der Waals surface area contributed by atoms with Gasteiger partial charge in [0.05, 0.1) is 12.1 Å². The van der Waals surface area contributed by atoms with Gasteiger partial charge in [-0.3, -0.25) is 0 Å². The van der Waals surface area contributed by atoms with Crippen molar-refractivity contribution in [1.82, 2.24) is 15.0 Å². The number of methoxy groups -OCH3 is 1. The number of benzene rings is 1. The van der Waals surface area contributed by atoms with E-state index < -0.39 is 5.82 Å². The van der Waals surface area contributed by atoms with Gasteiger partial charge in [0.25, 0.3) is 0 Å². The molecular formula is C13H14ClFN4O. The topological polar surface area (TPSA) is 59.9 Å². The van der Waals surface area contributed by atoms with Crippen LogP contribution in [-0.2, 0) is 0 Å². The summed E-state index contributed by atoms with van der Waals surface area (Å²) in [5.74, 6) is 0.223. The van der Waals surface area contributed by atoms with E-state index in [2.05, 4.69) is 20.3 Å². The molecule has 0 aliphatic rings. The number of halogens is 2. The van der Waals surface area contributed by atoms with Crippen molar-refractivity contribution in [3.8, 4) is 17.4 Å². The lowest BCUT2D eigenvalue weighted by Crippen LogP contribution is -2.07. The Morgan fingerprint density at radius 2 is 2.10 bits per heavy atom. The monoisotopic (exact) mass is 296 g/mol. The van der Waals surface area contributed by atoms with Gasteiger partial charge in [-0.15, -0.1) is 0 Å². The van der Waals surface area contributed by atoms with E-state index >= 15 is 0 Å². The van der Waals surface area contributed by atoms with Gasteiger partial charge in [0.15, 0.2) is 5.82 Å². The predicted octanol–water partition coefficient (Wildman–Crippen LogP) is 3.16. The quantitative estimate of drug-likeness (QED) is 0.918. The molecule has 7 heteroatoms. The van der Waals surface area contributed by atoms with Gasteiger partial charge in [0, 0.05) is 12.1 Å². The van der Waals surface area contributed by atoms with Crippen LogP contribution in [0.5, 0.6) is 6.01 Å². The SMILES string of the molecule is CCCNc1nc(OC)nc(-c2cc(F)ccc2Cl)n1. The zero-order valence-electron chi connectivity index (χ0n) is 11.2. The minimum Gasteiger partial charge on any atom is -0.467 e. The maximum absolute atomic E-state index is 13.3. The molecular weight excluding hydrogens is 283 g/mol. The van der Waals surface area contributed by atoms with E-state index in [-0.39, 0.29) is 11.8 Å². The summed E-state index contributed by atoms with van der Waals surface area (Å²) in [4.78, 5) is 12.4. The fourth-order valence-corrected chi connectivity index (χ4v) is 1.76. The van der Waals surface area contributed by atoms with Gasteiger partial charge in [0.2, 0.25) is 5.95 Å². The van der Waals surface area contributed by atoms with Gasteiger partial charge < -0.3 is 10.1 Å². The Hall–Kier alpha value is -1.95. The van der Waals surface area contributed by atoms with Gasteiger partial charge in [-0.2, -0.15) is 15.0 Å². The van der Waals surface area contributed by atoms with Crippen LogP contribution in [0.15, 0.2) is 18.2 Å². The first-order valence-corrected chi connectivity index (χ1v) is 6.51. The number of rotatable bonds is 5. The van der Waals surface area contributed by atoms with Gasteiger partial charge in [0.1, 0.15) is 5.82 Å². The Balaban J connectivity index is 2.46. The molecule has 0 radical (unpaired) electrons. The lowest BCUT2D eigenvalue weighted by atomic mass is 10.2. The summed E-state index contributed by atoms with van der Waals surface area (Å²) in [6, 6.07) is 4.16. The molecule has 0 aliphatic carbocycles. The third kappa shape index (κ3) is 3.33. The predicted molar refractivity (Wildman–Crippen MR) is 75.6 cm³/mol. The molecule has 20 heavy (non-hydrogen) atoms. The lowest BCUT2D eigenvalue weighted by Gasteiger charge is -2.08. The van der Waals surface area contributed by atoms with Crippen LogP contribution in [0, 0.1) is 5.82 Å². The normalized spacial score (nSPS) is 10.4. The van der Waals surface area contributed by atoms with Crippen molar-refractivity contribution < 1.29 is 9.13 Å². The van der Waals surface area contributed by atoms with Crippen LogP contribution in [-0.4, -0.2) is 28.6 Å². The van der Waals surface area contributed by atoms with Crippen LogP contribution in [0.2, 0.25) is 5.02 Å². The molecule has 2 aromatic rings. The van der Waals surface area contributed by atoms with E-state index in [1.54, 1.807) is 0 Å². The summed E-state index contributed by atoms with van der Waals surface area (Å²) in [7, 11) is 1.45. The first kappa shape index (κ1) is 14.5. The number of hydrogen-bond acceptors (Lipinski definition) is 5. The standard InChI is InChI=1S/C13H14ClFN4O/c1-3-6-16-12-17-11(18-13(19-12)20-2)9-7-8(15)4-5-10(9)14/h4-5,7H,3,6H2,1-2H3,(H,16,17,18,19). The van der Waals surface area contributed by atoms with E-state index in [1.807, 2.05) is 6.92 Å². The summed E-state index contributed by atoms with van der Waals surface area (Å²) in [6.45, 7) is 2.74. The first-order valence-electron chi connectivity index (χ1n) is 6.13. The summed E-state index contributed by atoms with van der Waals surface area (Å²) in [5, 5.41) is 3.40. The summed E-state index contributed by atoms with van der Waals surface area (Å²) in [6.07, 6.45) is 0.921. The van der Waals surface area contributed by atoms with Crippen molar-refractivity contribution >= 4 is 17.5 Å². The van der Waals surface area contributed by atoms with Crippen molar-refractivity contribution in [3.05, 3.63) is 29.0 Å². The highest BCUT2D eigenvalue weighted by molar-refractivity contribution is 6.33. The van der Waals surface area contributed by atoms with E-state index in [1.165, 1.54) is 25.3 Å². The molecule has 0 unspecified atom stereocenters. The number of anilines is 1.